The van der Waals surface area contributed by atoms with Gasteiger partial charge in [-0.2, -0.15) is 0 Å². The van der Waals surface area contributed by atoms with Gasteiger partial charge in [-0.1, -0.05) is 0 Å². The Kier molecular flexibility index (Phi) is 17.3. The van der Waals surface area contributed by atoms with Crippen molar-refractivity contribution in [1.82, 2.24) is 10.6 Å². The van der Waals surface area contributed by atoms with Crippen LogP contribution in [-0.4, -0.2) is 197 Å². The molecular weight excluding hydrogens is 653 g/mol. The molecule has 2 heterocycles. The van der Waals surface area contributed by atoms with Crippen LogP contribution >= 0.6 is 24.8 Å². The normalized spacial score (nSPS) is 44.1. The van der Waals surface area contributed by atoms with Crippen LogP contribution in [0.5, 0.6) is 0 Å². The Morgan fingerprint density at radius 2 is 1.60 bits per heavy atom. The predicted octanol–water partition coefficient (Wildman–Crippen LogP) is -7.26. The van der Waals surface area contributed by atoms with Gasteiger partial charge in [-0.3, -0.25) is 10.2 Å². The van der Waals surface area contributed by atoms with E-state index in [1.54, 1.807) is 0 Å². The van der Waals surface area contributed by atoms with Gasteiger partial charge in [0, 0.05) is 0 Å². The molecule has 43 heavy (non-hydrogen) atoms. The summed E-state index contributed by atoms with van der Waals surface area (Å²) in [5.41, 5.74) is 13.8. The van der Waals surface area contributed by atoms with E-state index >= 15 is 0 Å². The fraction of sp³-hybridized carbons (Fsp3) is 0.857. The second-order valence-corrected chi connectivity index (χ2v) is 9.93. The summed E-state index contributed by atoms with van der Waals surface area (Å²) in [7, 11) is 1.42. The number of aliphatic hydroxyl groups is 7. The molecule has 0 bridgehead atoms. The van der Waals surface area contributed by atoms with Gasteiger partial charge < -0.3 is 85.4 Å². The van der Waals surface area contributed by atoms with E-state index in [1.165, 1.54) is 14.0 Å². The van der Waals surface area contributed by atoms with E-state index in [9.17, 15) is 40.5 Å². The summed E-state index contributed by atoms with van der Waals surface area (Å²) >= 11 is 0. The Hall–Kier alpha value is -0.430. The van der Waals surface area contributed by atoms with Crippen molar-refractivity contribution in [2.24, 2.45) is 22.2 Å². The first-order chi connectivity index (χ1) is 18.7. The SMILES string of the molecule is CN[C@@H]1[C@H](O[C@H]2[C@H](O[C@H]3[C@H](O)[C@@H](O)[C@H](N=C(N)N)[C@@H](O)[C@@H]3NC(=N)N)O[C@@H](C)[C@]2(O)C=O)O[C@@H](CO)[C@H](O)[C@H]1O.Cl.Cl.[Ca+2].[H-].[H-]. The first-order valence-electron chi connectivity index (χ1n) is 12.4. The summed E-state index contributed by atoms with van der Waals surface area (Å²) in [5, 5.41) is 86.6. The number of halogens is 2. The molecule has 0 spiro atoms. The van der Waals surface area contributed by atoms with Crippen molar-refractivity contribution in [2.45, 2.75) is 98.2 Å². The fourth-order valence-electron chi connectivity index (χ4n) is 5.13. The maximum atomic E-state index is 12.1. The molecule has 15 atom stereocenters. The number of aliphatic imine (C=N–C) groups is 1. The van der Waals surface area contributed by atoms with Gasteiger partial charge in [0.05, 0.1) is 24.8 Å². The minimum absolute atomic E-state index is 0. The molecule has 2 saturated heterocycles. The van der Waals surface area contributed by atoms with Crippen molar-refractivity contribution in [1.29, 1.82) is 5.41 Å². The molecule has 3 fully saturated rings. The number of hydrogen-bond acceptors (Lipinski definition) is 15. The van der Waals surface area contributed by atoms with Crippen molar-refractivity contribution in [3.05, 3.63) is 0 Å². The van der Waals surface area contributed by atoms with Crippen LogP contribution in [0.2, 0.25) is 0 Å². The van der Waals surface area contributed by atoms with E-state index in [0.29, 0.717) is 0 Å². The zero-order chi connectivity index (χ0) is 30.1. The first kappa shape index (κ1) is 42.6. The molecule has 0 amide bonds. The summed E-state index contributed by atoms with van der Waals surface area (Å²) in [5.74, 6) is -1.16. The molecule has 0 aromatic rings. The number of likely N-dealkylation sites (N-methyl/N-ethyl adjacent to an activating group) is 1. The standard InChI is InChI=1S/C21H39N7O12.Ca.2ClH.2H/c1-5-21(36,4-30)16(40-17-9(26-2)13(34)10(31)6(3-29)38-17)18(37-5)39-15-8(28-20(24)25)11(32)7(27-19(22)23)12(33)14(15)35;;;;;/h4-18,26,29,31-36H,3H2,1-2H3,(H4,22,23,27)(H4,24,25,28);;2*1H;;/q;+2;;;2*-1/t5-,6-,7+,8-,9-,10-,11+,12-,13-,14+,15+,16-,17-,18-,21+;;;;;/m0...../s1. The number of ether oxygens (including phenoxy) is 4. The number of aldehydes is 1. The van der Waals surface area contributed by atoms with Gasteiger partial charge in [0.1, 0.15) is 54.9 Å². The van der Waals surface area contributed by atoms with E-state index in [2.05, 4.69) is 15.6 Å². The molecule has 22 heteroatoms. The van der Waals surface area contributed by atoms with Crippen molar-refractivity contribution in [3.63, 3.8) is 0 Å². The Morgan fingerprint density at radius 3 is 2.09 bits per heavy atom. The Balaban J connectivity index is -0.00000353. The van der Waals surface area contributed by atoms with Crippen LogP contribution in [0.15, 0.2) is 4.99 Å². The molecule has 1 saturated carbocycles. The quantitative estimate of drug-likeness (QED) is 0.0461. The number of aliphatic hydroxyl groups excluding tert-OH is 6. The smallest absolute Gasteiger partial charge is 1.00 e. The number of carbonyl (C=O) groups excluding carboxylic acids is 1. The second kappa shape index (κ2) is 17.5. The van der Waals surface area contributed by atoms with Crippen LogP contribution in [0.4, 0.5) is 0 Å². The van der Waals surface area contributed by atoms with Crippen molar-refractivity contribution in [2.75, 3.05) is 13.7 Å². The largest absolute Gasteiger partial charge is 2.00 e. The summed E-state index contributed by atoms with van der Waals surface area (Å²) in [4.78, 5) is 15.8. The predicted molar refractivity (Wildman–Crippen MR) is 155 cm³/mol. The Bertz CT molecular complexity index is 961. The summed E-state index contributed by atoms with van der Waals surface area (Å²) in [6.45, 7) is 0.616. The van der Waals surface area contributed by atoms with Gasteiger partial charge in [0.15, 0.2) is 36.4 Å². The van der Waals surface area contributed by atoms with Gasteiger partial charge in [-0.05, 0) is 14.0 Å². The average Bonchev–Trinajstić information content (AvgIpc) is 3.13. The molecule has 0 unspecified atom stereocenters. The van der Waals surface area contributed by atoms with E-state index in [0.717, 1.165) is 0 Å². The van der Waals surface area contributed by atoms with Crippen LogP contribution in [0.25, 0.3) is 0 Å². The molecule has 250 valence electrons. The Morgan fingerprint density at radius 1 is 1.00 bits per heavy atom. The number of rotatable bonds is 9. The van der Waals surface area contributed by atoms with E-state index in [-0.39, 0.29) is 71.7 Å². The third kappa shape index (κ3) is 8.69. The number of guanidine groups is 2. The van der Waals surface area contributed by atoms with Crippen molar-refractivity contribution in [3.8, 4) is 0 Å². The summed E-state index contributed by atoms with van der Waals surface area (Å²) < 4.78 is 22.9. The van der Waals surface area contributed by atoms with Crippen LogP contribution in [0.3, 0.4) is 0 Å². The van der Waals surface area contributed by atoms with Gasteiger partial charge in [0.25, 0.3) is 0 Å². The summed E-state index contributed by atoms with van der Waals surface area (Å²) in [6.07, 6.45) is -17.3. The fourth-order valence-corrected chi connectivity index (χ4v) is 5.13. The number of nitrogens with one attached hydrogen (secondary N) is 3. The molecule has 0 radical (unpaired) electrons. The maximum Gasteiger partial charge on any atom is 2.00 e. The number of carbonyl (C=O) groups is 1. The minimum Gasteiger partial charge on any atom is -1.00 e. The van der Waals surface area contributed by atoms with Crippen molar-refractivity contribution >= 4 is 80.8 Å². The molecule has 2 aliphatic heterocycles. The minimum atomic E-state index is -2.39. The zero-order valence-electron chi connectivity index (χ0n) is 25.2. The van der Waals surface area contributed by atoms with E-state index < -0.39 is 110 Å². The monoisotopic (exact) mass is 695 g/mol. The van der Waals surface area contributed by atoms with E-state index in [4.69, 9.17) is 41.6 Å². The second-order valence-electron chi connectivity index (χ2n) is 9.93. The molecular formula is C21H43CaCl2N7O12. The van der Waals surface area contributed by atoms with Crippen molar-refractivity contribution < 1.29 is 62.3 Å². The maximum absolute atomic E-state index is 12.1. The van der Waals surface area contributed by atoms with E-state index in [1.807, 2.05) is 0 Å². The van der Waals surface area contributed by atoms with Crippen LogP contribution in [-0.2, 0) is 23.7 Å². The number of nitrogens with two attached hydrogens (primary N) is 3. The van der Waals surface area contributed by atoms with Gasteiger partial charge in [-0.25, -0.2) is 4.99 Å². The van der Waals surface area contributed by atoms with Gasteiger partial charge in [-0.15, -0.1) is 24.8 Å². The van der Waals surface area contributed by atoms with Crippen LogP contribution in [0.1, 0.15) is 9.78 Å². The Labute approximate surface area is 291 Å². The third-order valence-corrected chi connectivity index (χ3v) is 7.40. The molecule has 19 nitrogen and oxygen atoms in total. The zero-order valence-corrected chi connectivity index (χ0v) is 27.1. The van der Waals surface area contributed by atoms with Crippen LogP contribution < -0.4 is 27.8 Å². The molecule has 3 rings (SSSR count). The number of nitrogens with zero attached hydrogens (tertiary/aromatic N) is 1. The van der Waals surface area contributed by atoms with Gasteiger partial charge in [0.2, 0.25) is 0 Å². The number of hydrogen-bond donors (Lipinski definition) is 13. The average molecular weight is 697 g/mol. The molecule has 0 aromatic carbocycles. The molecule has 0 aromatic heterocycles. The first-order valence-corrected chi connectivity index (χ1v) is 12.4. The van der Waals surface area contributed by atoms with Gasteiger partial charge >= 0.3 is 37.7 Å². The topological polar surface area (TPSA) is 334 Å². The molecule has 1 aliphatic carbocycles. The molecule has 16 N–H and O–H groups in total. The third-order valence-electron chi connectivity index (χ3n) is 7.40. The molecule has 3 aliphatic rings. The summed E-state index contributed by atoms with van der Waals surface area (Å²) in [6, 6.07) is -4.02. The van der Waals surface area contributed by atoms with Crippen LogP contribution in [0, 0.1) is 5.41 Å².